The Morgan fingerprint density at radius 3 is 2.12 bits per heavy atom. The van der Waals surface area contributed by atoms with Crippen molar-refractivity contribution in [3.8, 4) is 0 Å². The summed E-state index contributed by atoms with van der Waals surface area (Å²) in [5.41, 5.74) is 0. The van der Waals surface area contributed by atoms with Gasteiger partial charge in [-0.2, -0.15) is 13.2 Å². The van der Waals surface area contributed by atoms with Gasteiger partial charge < -0.3 is 5.11 Å². The van der Waals surface area contributed by atoms with Gasteiger partial charge in [-0.15, -0.1) is 12.6 Å². The molecule has 0 fully saturated rings. The Balaban J connectivity index is 4.56. The number of sulfone groups is 1. The van der Waals surface area contributed by atoms with Gasteiger partial charge in [0.2, 0.25) is 4.08 Å². The molecule has 1 unspecified atom stereocenters. The summed E-state index contributed by atoms with van der Waals surface area (Å²) in [6.07, 6.45) is -6.39. The Bertz CT molecular complexity index is 358. The molecule has 96 valence electrons. The van der Waals surface area contributed by atoms with Gasteiger partial charge in [-0.3, -0.25) is 0 Å². The van der Waals surface area contributed by atoms with Crippen molar-refractivity contribution in [2.75, 3.05) is 5.75 Å². The van der Waals surface area contributed by atoms with Crippen molar-refractivity contribution in [3.05, 3.63) is 0 Å². The summed E-state index contributed by atoms with van der Waals surface area (Å²) < 4.78 is 55.6. The lowest BCUT2D eigenvalue weighted by Gasteiger charge is -2.18. The molecule has 0 aromatic carbocycles. The number of carboxylic acid groups (broad SMARTS) is 1. The van der Waals surface area contributed by atoms with Crippen LogP contribution in [0.1, 0.15) is 19.8 Å². The quantitative estimate of drug-likeness (QED) is 0.748. The summed E-state index contributed by atoms with van der Waals surface area (Å²) in [5, 5.41) is 8.56. The predicted molar refractivity (Wildman–Crippen MR) is 54.1 cm³/mol. The highest BCUT2D eigenvalue weighted by Crippen LogP contribution is 2.26. The molecule has 0 bridgehead atoms. The Morgan fingerprint density at radius 1 is 1.38 bits per heavy atom. The van der Waals surface area contributed by atoms with E-state index in [1.54, 1.807) is 0 Å². The normalized spacial score (nSPS) is 16.8. The molecule has 0 heterocycles. The van der Waals surface area contributed by atoms with Crippen molar-refractivity contribution >= 4 is 28.4 Å². The van der Waals surface area contributed by atoms with E-state index in [1.807, 2.05) is 0 Å². The van der Waals surface area contributed by atoms with Crippen LogP contribution in [-0.2, 0) is 14.6 Å². The zero-order chi connectivity index (χ0) is 13.2. The third-order valence-corrected chi connectivity index (χ3v) is 5.11. The molecule has 0 saturated heterocycles. The van der Waals surface area contributed by atoms with E-state index in [9.17, 15) is 26.4 Å². The van der Waals surface area contributed by atoms with E-state index < -0.39 is 44.7 Å². The van der Waals surface area contributed by atoms with Crippen LogP contribution in [0.2, 0.25) is 0 Å². The fraction of sp³-hybridized carbons (Fsp3) is 0.857. The van der Waals surface area contributed by atoms with Crippen LogP contribution < -0.4 is 0 Å². The highest BCUT2D eigenvalue weighted by molar-refractivity contribution is 8.07. The van der Waals surface area contributed by atoms with E-state index in [0.29, 0.717) is 0 Å². The fourth-order valence-corrected chi connectivity index (χ4v) is 2.26. The van der Waals surface area contributed by atoms with Gasteiger partial charge in [-0.1, -0.05) is 0 Å². The van der Waals surface area contributed by atoms with Gasteiger partial charge in [0.1, 0.15) is 0 Å². The van der Waals surface area contributed by atoms with Gasteiger partial charge in [-0.05, 0) is 13.3 Å². The lowest BCUT2D eigenvalue weighted by atomic mass is 10.3. The standard InChI is InChI=1S/C7H11F3O4S2/c1-6(15,5(11)12)16(13,14)4-2-3-7(8,9)10/h15H,2-4H2,1H3,(H,11,12). The van der Waals surface area contributed by atoms with Crippen molar-refractivity contribution < 1.29 is 31.5 Å². The third kappa shape index (κ3) is 4.20. The molecule has 0 saturated carbocycles. The van der Waals surface area contributed by atoms with Gasteiger partial charge in [0.15, 0.2) is 9.84 Å². The minimum absolute atomic E-state index is 0.671. The van der Waals surface area contributed by atoms with E-state index >= 15 is 0 Å². The summed E-state index contributed by atoms with van der Waals surface area (Å²) in [5.74, 6) is -2.57. The molecule has 0 aromatic rings. The topological polar surface area (TPSA) is 71.4 Å². The van der Waals surface area contributed by atoms with Crippen molar-refractivity contribution in [1.29, 1.82) is 0 Å². The van der Waals surface area contributed by atoms with Crippen LogP contribution in [0.15, 0.2) is 0 Å². The van der Waals surface area contributed by atoms with Gasteiger partial charge in [-0.25, -0.2) is 13.2 Å². The third-order valence-electron chi connectivity index (χ3n) is 1.88. The molecule has 16 heavy (non-hydrogen) atoms. The highest BCUT2D eigenvalue weighted by Gasteiger charge is 2.43. The SMILES string of the molecule is CC(S)(C(=O)O)S(=O)(=O)CCCC(F)(F)F. The highest BCUT2D eigenvalue weighted by atomic mass is 32.2. The fourth-order valence-electron chi connectivity index (χ4n) is 0.794. The largest absolute Gasteiger partial charge is 0.479 e. The number of carboxylic acids is 1. The number of rotatable bonds is 5. The van der Waals surface area contributed by atoms with Crippen LogP contribution in [-0.4, -0.2) is 35.5 Å². The molecule has 0 rings (SSSR count). The van der Waals surface area contributed by atoms with Crippen LogP contribution in [0.3, 0.4) is 0 Å². The minimum Gasteiger partial charge on any atom is -0.479 e. The Labute approximate surface area is 96.2 Å². The number of alkyl halides is 3. The Hall–Kier alpha value is -0.440. The van der Waals surface area contributed by atoms with Crippen LogP contribution in [0, 0.1) is 0 Å². The average Bonchev–Trinajstić information content (AvgIpc) is 2.00. The van der Waals surface area contributed by atoms with Crippen molar-refractivity contribution in [3.63, 3.8) is 0 Å². The molecule has 0 spiro atoms. The molecule has 1 atom stereocenters. The summed E-state index contributed by atoms with van der Waals surface area (Å²) in [7, 11) is -4.22. The molecule has 0 aliphatic rings. The predicted octanol–water partition coefficient (Wildman–Crippen LogP) is 1.47. The second-order valence-corrected chi connectivity index (χ2v) is 6.98. The molecule has 0 aliphatic carbocycles. The lowest BCUT2D eigenvalue weighted by molar-refractivity contribution is -0.137. The van der Waals surface area contributed by atoms with E-state index in [4.69, 9.17) is 5.11 Å². The molecule has 9 heteroatoms. The van der Waals surface area contributed by atoms with Crippen molar-refractivity contribution in [1.82, 2.24) is 0 Å². The van der Waals surface area contributed by atoms with Crippen LogP contribution in [0.4, 0.5) is 13.2 Å². The molecule has 1 N–H and O–H groups in total. The first-order valence-electron chi connectivity index (χ1n) is 4.15. The minimum atomic E-state index is -4.45. The Morgan fingerprint density at radius 2 is 1.81 bits per heavy atom. The van der Waals surface area contributed by atoms with E-state index in [2.05, 4.69) is 12.6 Å². The van der Waals surface area contributed by atoms with Crippen molar-refractivity contribution in [2.45, 2.75) is 30.0 Å². The first kappa shape index (κ1) is 15.6. The number of hydrogen-bond acceptors (Lipinski definition) is 4. The summed E-state index contributed by atoms with van der Waals surface area (Å²) in [4.78, 5) is 10.5. The number of carbonyl (C=O) groups is 1. The summed E-state index contributed by atoms with van der Waals surface area (Å²) in [6.45, 7) is 0.821. The van der Waals surface area contributed by atoms with Crippen molar-refractivity contribution in [2.24, 2.45) is 0 Å². The molecule has 4 nitrogen and oxygen atoms in total. The second-order valence-electron chi connectivity index (χ2n) is 3.33. The van der Waals surface area contributed by atoms with Gasteiger partial charge in [0, 0.05) is 6.42 Å². The second kappa shape index (κ2) is 4.82. The summed E-state index contributed by atoms with van der Waals surface area (Å²) >= 11 is 3.44. The van der Waals surface area contributed by atoms with Crippen LogP contribution in [0.5, 0.6) is 0 Å². The maximum absolute atomic E-state index is 11.8. The number of thiol groups is 1. The number of hydrogen-bond donors (Lipinski definition) is 2. The van der Waals surface area contributed by atoms with E-state index in [-0.39, 0.29) is 0 Å². The first-order valence-corrected chi connectivity index (χ1v) is 6.25. The summed E-state index contributed by atoms with van der Waals surface area (Å²) in [6, 6.07) is 0. The monoisotopic (exact) mass is 280 g/mol. The molecule has 0 aromatic heterocycles. The molecular formula is C7H11F3O4S2. The Kier molecular flexibility index (Phi) is 4.69. The maximum atomic E-state index is 11.8. The van der Waals surface area contributed by atoms with Gasteiger partial charge >= 0.3 is 12.1 Å². The van der Waals surface area contributed by atoms with Crippen LogP contribution in [0.25, 0.3) is 0 Å². The van der Waals surface area contributed by atoms with Gasteiger partial charge in [0.05, 0.1) is 5.75 Å². The zero-order valence-electron chi connectivity index (χ0n) is 8.28. The van der Waals surface area contributed by atoms with Crippen LogP contribution >= 0.6 is 12.6 Å². The molecule has 0 radical (unpaired) electrons. The maximum Gasteiger partial charge on any atom is 0.389 e. The zero-order valence-corrected chi connectivity index (χ0v) is 9.99. The molecule has 0 aliphatic heterocycles. The number of halogens is 3. The van der Waals surface area contributed by atoms with E-state index in [1.165, 1.54) is 0 Å². The molecule has 0 amide bonds. The molecular weight excluding hydrogens is 269 g/mol. The smallest absolute Gasteiger partial charge is 0.389 e. The van der Waals surface area contributed by atoms with E-state index in [0.717, 1.165) is 6.92 Å². The van der Waals surface area contributed by atoms with Gasteiger partial charge in [0.25, 0.3) is 0 Å². The number of aliphatic carboxylic acids is 1. The first-order chi connectivity index (χ1) is 6.90. The lowest BCUT2D eigenvalue weighted by Crippen LogP contribution is -2.39. The average molecular weight is 280 g/mol.